The van der Waals surface area contributed by atoms with E-state index in [4.69, 9.17) is 25.2 Å². The van der Waals surface area contributed by atoms with Crippen LogP contribution in [0.5, 0.6) is 0 Å². The van der Waals surface area contributed by atoms with Gasteiger partial charge in [-0.25, -0.2) is 14.2 Å². The molecule has 2 aromatic rings. The van der Waals surface area contributed by atoms with E-state index in [-0.39, 0.29) is 24.2 Å². The third kappa shape index (κ3) is 9.01. The summed E-state index contributed by atoms with van der Waals surface area (Å²) in [6.07, 6.45) is -0.121. The zero-order valence-electron chi connectivity index (χ0n) is 24.4. The van der Waals surface area contributed by atoms with Gasteiger partial charge in [0.25, 0.3) is 0 Å². The SMILES string of the molecule is CCN(CCO)C(=O)C(Cc1cscn1)CN1CCC2(CC1)OCc1ccc(F)cc12.O=C(O)CC(O)(CC(=O)O)C(=O)O. The second-order valence-corrected chi connectivity index (χ2v) is 11.6. The number of hydrogen-bond acceptors (Lipinski definition) is 10. The van der Waals surface area contributed by atoms with E-state index >= 15 is 0 Å². The number of carboxylic acid groups (broad SMARTS) is 3. The Bertz CT molecular complexity index is 1280. The van der Waals surface area contributed by atoms with Crippen molar-refractivity contribution in [3.8, 4) is 0 Å². The highest BCUT2D eigenvalue weighted by Crippen LogP contribution is 2.44. The summed E-state index contributed by atoms with van der Waals surface area (Å²) in [4.78, 5) is 52.1. The van der Waals surface area contributed by atoms with Crippen molar-refractivity contribution in [2.24, 2.45) is 5.92 Å². The van der Waals surface area contributed by atoms with E-state index in [0.29, 0.717) is 32.7 Å². The highest BCUT2D eigenvalue weighted by Gasteiger charge is 2.43. The van der Waals surface area contributed by atoms with Crippen LogP contribution in [0.4, 0.5) is 4.39 Å². The van der Waals surface area contributed by atoms with Gasteiger partial charge in [0.15, 0.2) is 5.60 Å². The first kappa shape index (κ1) is 35.0. The van der Waals surface area contributed by atoms with Gasteiger partial charge in [-0.1, -0.05) is 6.07 Å². The van der Waals surface area contributed by atoms with E-state index in [1.54, 1.807) is 16.5 Å². The van der Waals surface area contributed by atoms with Gasteiger partial charge in [-0.3, -0.25) is 14.4 Å². The van der Waals surface area contributed by atoms with Gasteiger partial charge >= 0.3 is 17.9 Å². The number of aliphatic hydroxyl groups excluding tert-OH is 1. The molecule has 1 amide bonds. The van der Waals surface area contributed by atoms with E-state index in [1.165, 1.54) is 17.4 Å². The molecule has 0 aliphatic carbocycles. The van der Waals surface area contributed by atoms with Gasteiger partial charge in [-0.2, -0.15) is 0 Å². The third-order valence-corrected chi connectivity index (χ3v) is 8.48. The lowest BCUT2D eigenvalue weighted by atomic mass is 9.83. The van der Waals surface area contributed by atoms with Crippen molar-refractivity contribution in [2.45, 2.75) is 56.8 Å². The number of likely N-dealkylation sites (N-methyl/N-ethyl adjacent to an activating group) is 1. The fourth-order valence-corrected chi connectivity index (χ4v) is 6.12. The number of aliphatic hydroxyl groups is 2. The quantitative estimate of drug-likeness (QED) is 0.212. The zero-order valence-corrected chi connectivity index (χ0v) is 25.2. The largest absolute Gasteiger partial charge is 0.481 e. The summed E-state index contributed by atoms with van der Waals surface area (Å²) in [5, 5.41) is 45.1. The van der Waals surface area contributed by atoms with Gasteiger partial charge in [-0.05, 0) is 43.0 Å². The third-order valence-electron chi connectivity index (χ3n) is 7.85. The van der Waals surface area contributed by atoms with Gasteiger partial charge in [-0.15, -0.1) is 11.3 Å². The van der Waals surface area contributed by atoms with Gasteiger partial charge in [0.1, 0.15) is 5.82 Å². The molecule has 242 valence electrons. The van der Waals surface area contributed by atoms with E-state index in [0.717, 1.165) is 42.8 Å². The second-order valence-electron chi connectivity index (χ2n) is 10.9. The first-order valence-electron chi connectivity index (χ1n) is 14.1. The number of ether oxygens (including phenoxy) is 1. The second kappa shape index (κ2) is 15.5. The minimum Gasteiger partial charge on any atom is -0.481 e. The zero-order chi connectivity index (χ0) is 32.5. The number of carbonyl (C=O) groups excluding carboxylic acids is 1. The summed E-state index contributed by atoms with van der Waals surface area (Å²) in [5.74, 6) is -5.38. The number of hydrogen-bond donors (Lipinski definition) is 5. The average Bonchev–Trinajstić information content (AvgIpc) is 3.60. The summed E-state index contributed by atoms with van der Waals surface area (Å²) in [7, 11) is 0. The predicted molar refractivity (Wildman–Crippen MR) is 154 cm³/mol. The monoisotopic (exact) mass is 639 g/mol. The summed E-state index contributed by atoms with van der Waals surface area (Å²) < 4.78 is 20.0. The molecule has 4 rings (SSSR count). The standard InChI is InChI=1S/C23H30FN3O3S.C6H8O7/c1-2-27(9-10-28)22(29)18(11-20-15-31-16-25-20)13-26-7-5-23(6-8-26)21-12-19(24)4-3-17(21)14-30-23;7-3(8)1-6(13,5(11)12)2-4(9)10/h3-4,12,15-16,18,28H,2,5-11,13-14H2,1H3;13H,1-2H2,(H,7,8)(H,9,10)(H,11,12). The van der Waals surface area contributed by atoms with E-state index in [2.05, 4.69) is 9.88 Å². The molecule has 1 fully saturated rings. The summed E-state index contributed by atoms with van der Waals surface area (Å²) in [6, 6.07) is 4.95. The number of piperidine rings is 1. The Labute approximate surface area is 257 Å². The molecule has 1 aromatic carbocycles. The molecular formula is C29H38FN3O10S. The number of rotatable bonds is 13. The molecule has 1 saturated heterocycles. The highest BCUT2D eigenvalue weighted by molar-refractivity contribution is 7.07. The Kier molecular flexibility index (Phi) is 12.3. The summed E-state index contributed by atoms with van der Waals surface area (Å²) in [5.41, 5.74) is 1.64. The maximum Gasteiger partial charge on any atom is 0.336 e. The molecule has 1 unspecified atom stereocenters. The number of carbonyl (C=O) groups is 4. The number of likely N-dealkylation sites (tertiary alicyclic amines) is 1. The predicted octanol–water partition coefficient (Wildman–Crippen LogP) is 1.55. The van der Waals surface area contributed by atoms with Crippen LogP contribution in [0.15, 0.2) is 29.1 Å². The van der Waals surface area contributed by atoms with Gasteiger partial charge < -0.3 is 40.1 Å². The fourth-order valence-electron chi connectivity index (χ4n) is 5.55. The number of nitrogens with zero attached hydrogens (tertiary/aromatic N) is 3. The maximum atomic E-state index is 13.9. The number of aromatic nitrogens is 1. The topological polar surface area (TPSA) is 198 Å². The van der Waals surface area contributed by atoms with Crippen LogP contribution < -0.4 is 0 Å². The molecule has 2 aliphatic rings. The van der Waals surface area contributed by atoms with Crippen LogP contribution in [0.3, 0.4) is 0 Å². The number of fused-ring (bicyclic) bond motifs is 2. The molecule has 0 radical (unpaired) electrons. The summed E-state index contributed by atoms with van der Waals surface area (Å²) in [6.45, 7) is 5.59. The van der Waals surface area contributed by atoms with Crippen LogP contribution in [-0.2, 0) is 42.5 Å². The number of carboxylic acids is 3. The molecule has 0 saturated carbocycles. The van der Waals surface area contributed by atoms with Crippen LogP contribution in [0, 0.1) is 11.7 Å². The Balaban J connectivity index is 0.000000345. The van der Waals surface area contributed by atoms with Crippen LogP contribution in [0.25, 0.3) is 0 Å². The number of aliphatic carboxylic acids is 3. The highest BCUT2D eigenvalue weighted by atomic mass is 32.1. The van der Waals surface area contributed by atoms with Gasteiger partial charge in [0.2, 0.25) is 5.91 Å². The Morgan fingerprint density at radius 2 is 1.82 bits per heavy atom. The van der Waals surface area contributed by atoms with Crippen molar-refractivity contribution in [3.63, 3.8) is 0 Å². The lowest BCUT2D eigenvalue weighted by Gasteiger charge is -2.40. The van der Waals surface area contributed by atoms with Gasteiger partial charge in [0.05, 0.1) is 48.8 Å². The van der Waals surface area contributed by atoms with Crippen molar-refractivity contribution < 1.29 is 53.8 Å². The van der Waals surface area contributed by atoms with Crippen molar-refractivity contribution in [1.29, 1.82) is 0 Å². The van der Waals surface area contributed by atoms with Crippen molar-refractivity contribution in [1.82, 2.24) is 14.8 Å². The fraction of sp³-hybridized carbons (Fsp3) is 0.552. The maximum absolute atomic E-state index is 13.9. The number of thiazole rings is 1. The molecule has 5 N–H and O–H groups in total. The van der Waals surface area contributed by atoms with Crippen molar-refractivity contribution >= 4 is 35.2 Å². The van der Waals surface area contributed by atoms with Crippen LogP contribution in [0.2, 0.25) is 0 Å². The summed E-state index contributed by atoms with van der Waals surface area (Å²) >= 11 is 1.53. The molecule has 44 heavy (non-hydrogen) atoms. The number of amides is 1. The van der Waals surface area contributed by atoms with E-state index in [1.807, 2.05) is 18.4 Å². The van der Waals surface area contributed by atoms with E-state index in [9.17, 15) is 28.7 Å². The van der Waals surface area contributed by atoms with Gasteiger partial charge in [0, 0.05) is 44.5 Å². The minimum atomic E-state index is -2.74. The Morgan fingerprint density at radius 3 is 2.34 bits per heavy atom. The van der Waals surface area contributed by atoms with Crippen LogP contribution in [0.1, 0.15) is 49.4 Å². The molecule has 1 spiro atoms. The Morgan fingerprint density at radius 1 is 1.16 bits per heavy atom. The first-order valence-corrected chi connectivity index (χ1v) is 15.1. The molecule has 2 aliphatic heterocycles. The van der Waals surface area contributed by atoms with E-state index < -0.39 is 42.0 Å². The Hall–Kier alpha value is -3.50. The molecule has 1 aromatic heterocycles. The molecule has 3 heterocycles. The smallest absolute Gasteiger partial charge is 0.336 e. The lowest BCUT2D eigenvalue weighted by molar-refractivity contribution is -0.170. The number of benzene rings is 1. The minimum absolute atomic E-state index is 0.0391. The van der Waals surface area contributed by atoms with Crippen molar-refractivity contribution in [2.75, 3.05) is 39.3 Å². The van der Waals surface area contributed by atoms with Crippen LogP contribution >= 0.6 is 11.3 Å². The average molecular weight is 640 g/mol. The normalized spacial score (nSPS) is 16.5. The first-order chi connectivity index (χ1) is 20.8. The van der Waals surface area contributed by atoms with Crippen LogP contribution in [-0.4, -0.2) is 109 Å². The van der Waals surface area contributed by atoms with Crippen molar-refractivity contribution in [3.05, 3.63) is 51.7 Å². The lowest BCUT2D eigenvalue weighted by Crippen LogP contribution is -2.48. The molecule has 13 nitrogen and oxygen atoms in total. The molecule has 1 atom stereocenters. The number of halogens is 1. The molecule has 15 heteroatoms. The molecular weight excluding hydrogens is 601 g/mol. The molecule has 0 bridgehead atoms.